The highest BCUT2D eigenvalue weighted by Crippen LogP contribution is 2.25. The van der Waals surface area contributed by atoms with E-state index in [1.54, 1.807) is 0 Å². The molecule has 0 bridgehead atoms. The predicted molar refractivity (Wildman–Crippen MR) is 51.3 cm³/mol. The molecule has 0 aliphatic heterocycles. The summed E-state index contributed by atoms with van der Waals surface area (Å²) in [6.07, 6.45) is 1.39. The zero-order chi connectivity index (χ0) is 8.43. The molecule has 4 nitrogen and oxygen atoms in total. The van der Waals surface area contributed by atoms with Crippen molar-refractivity contribution in [2.45, 2.75) is 0 Å². The lowest BCUT2D eigenvalue weighted by atomic mass is 10.4. The van der Waals surface area contributed by atoms with E-state index in [4.69, 9.17) is 0 Å². The fourth-order valence-corrected chi connectivity index (χ4v) is 1.39. The first kappa shape index (κ1) is 8.85. The van der Waals surface area contributed by atoms with Crippen molar-refractivity contribution < 1.29 is 4.92 Å². The van der Waals surface area contributed by atoms with Crippen LogP contribution in [0.2, 0.25) is 0 Å². The van der Waals surface area contributed by atoms with Gasteiger partial charge in [0.15, 0.2) is 0 Å². The summed E-state index contributed by atoms with van der Waals surface area (Å²) in [5, 5.41) is 10.3. The largest absolute Gasteiger partial charge is 0.286 e. The van der Waals surface area contributed by atoms with Crippen LogP contribution in [0.25, 0.3) is 0 Å². The van der Waals surface area contributed by atoms with Gasteiger partial charge in [-0.05, 0) is 38.5 Å². The zero-order valence-electron chi connectivity index (χ0n) is 5.12. The smallest absolute Gasteiger partial charge is 0.258 e. The van der Waals surface area contributed by atoms with Crippen LogP contribution in [0.5, 0.6) is 0 Å². The van der Waals surface area contributed by atoms with Gasteiger partial charge < -0.3 is 0 Å². The van der Waals surface area contributed by atoms with Crippen LogP contribution >= 0.6 is 38.5 Å². The molecule has 0 amide bonds. The van der Waals surface area contributed by atoms with Gasteiger partial charge in [0.25, 0.3) is 5.69 Å². The first-order valence-electron chi connectivity index (χ1n) is 2.57. The zero-order valence-corrected chi connectivity index (χ0v) is 8.87. The van der Waals surface area contributed by atoms with Crippen LogP contribution in [0, 0.1) is 13.7 Å². The minimum absolute atomic E-state index is 0.0764. The number of halogens is 2. The van der Waals surface area contributed by atoms with Crippen molar-refractivity contribution in [3.8, 4) is 0 Å². The Labute approximate surface area is 84.4 Å². The molecule has 0 spiro atoms. The molecular weight excluding hydrogens is 327 g/mol. The third-order valence-corrected chi connectivity index (χ3v) is 3.43. The van der Waals surface area contributed by atoms with Crippen molar-refractivity contribution >= 4 is 44.2 Å². The highest BCUT2D eigenvalue weighted by Gasteiger charge is 2.13. The molecular formula is C5H2BrIN2O2. The quantitative estimate of drug-likeness (QED) is 0.344. The first-order valence-corrected chi connectivity index (χ1v) is 4.44. The van der Waals surface area contributed by atoms with Gasteiger partial charge in [-0.2, -0.15) is 0 Å². The molecule has 58 valence electrons. The summed E-state index contributed by atoms with van der Waals surface area (Å²) in [6.45, 7) is 0. The van der Waals surface area contributed by atoms with Gasteiger partial charge in [-0.3, -0.25) is 10.1 Å². The molecule has 0 aliphatic rings. The maximum absolute atomic E-state index is 10.3. The van der Waals surface area contributed by atoms with E-state index in [0.717, 1.165) is 0 Å². The van der Waals surface area contributed by atoms with Crippen LogP contribution in [-0.2, 0) is 0 Å². The maximum Gasteiger partial charge on any atom is 0.286 e. The highest BCUT2D eigenvalue weighted by molar-refractivity contribution is 14.1. The number of rotatable bonds is 1. The van der Waals surface area contributed by atoms with Gasteiger partial charge in [0.2, 0.25) is 0 Å². The van der Waals surface area contributed by atoms with Crippen molar-refractivity contribution in [3.63, 3.8) is 0 Å². The van der Waals surface area contributed by atoms with Gasteiger partial charge in [0.1, 0.15) is 8.17 Å². The van der Waals surface area contributed by atoms with Gasteiger partial charge in [0.05, 0.1) is 4.92 Å². The Balaban J connectivity index is 3.27. The van der Waals surface area contributed by atoms with Crippen LogP contribution in [0.3, 0.4) is 0 Å². The number of nitro groups is 1. The van der Waals surface area contributed by atoms with Crippen molar-refractivity contribution in [1.29, 1.82) is 0 Å². The van der Waals surface area contributed by atoms with Crippen LogP contribution in [-0.4, -0.2) is 9.91 Å². The monoisotopic (exact) mass is 328 g/mol. The van der Waals surface area contributed by atoms with Crippen LogP contribution in [0.15, 0.2) is 16.9 Å². The fourth-order valence-electron chi connectivity index (χ4n) is 0.550. The topological polar surface area (TPSA) is 56.0 Å². The SMILES string of the molecule is O=[N+]([O-])c1ccnc(Br)c1I. The fraction of sp³-hybridized carbons (Fsp3) is 0. The Bertz CT molecular complexity index is 305. The third-order valence-electron chi connectivity index (χ3n) is 1.02. The van der Waals surface area contributed by atoms with Gasteiger partial charge in [-0.1, -0.05) is 0 Å². The summed E-state index contributed by atoms with van der Waals surface area (Å²) in [6, 6.07) is 1.37. The van der Waals surface area contributed by atoms with Crippen LogP contribution in [0.4, 0.5) is 5.69 Å². The minimum atomic E-state index is -0.436. The molecule has 0 atom stereocenters. The molecule has 0 aliphatic carbocycles. The molecule has 11 heavy (non-hydrogen) atoms. The normalized spacial score (nSPS) is 9.64. The Morgan fingerprint density at radius 1 is 1.73 bits per heavy atom. The van der Waals surface area contributed by atoms with E-state index >= 15 is 0 Å². The summed E-state index contributed by atoms with van der Waals surface area (Å²) in [5.41, 5.74) is 0.0764. The van der Waals surface area contributed by atoms with Crippen LogP contribution < -0.4 is 0 Å². The number of hydrogen-bond acceptors (Lipinski definition) is 3. The number of hydrogen-bond donors (Lipinski definition) is 0. The van der Waals surface area contributed by atoms with Gasteiger partial charge in [-0.25, -0.2) is 4.98 Å². The van der Waals surface area contributed by atoms with E-state index in [1.165, 1.54) is 12.3 Å². The second kappa shape index (κ2) is 3.44. The molecule has 1 rings (SSSR count). The van der Waals surface area contributed by atoms with Crippen molar-refractivity contribution in [2.75, 3.05) is 0 Å². The number of nitrogens with zero attached hydrogens (tertiary/aromatic N) is 2. The molecule has 6 heteroatoms. The summed E-state index contributed by atoms with van der Waals surface area (Å²) in [4.78, 5) is 13.7. The summed E-state index contributed by atoms with van der Waals surface area (Å²) in [5.74, 6) is 0. The lowest BCUT2D eigenvalue weighted by molar-refractivity contribution is -0.386. The van der Waals surface area contributed by atoms with E-state index in [9.17, 15) is 10.1 Å². The molecule has 0 fully saturated rings. The molecule has 1 aromatic heterocycles. The first-order chi connectivity index (χ1) is 5.13. The summed E-state index contributed by atoms with van der Waals surface area (Å²) >= 11 is 4.96. The number of aromatic nitrogens is 1. The third kappa shape index (κ3) is 1.86. The van der Waals surface area contributed by atoms with Gasteiger partial charge >= 0.3 is 0 Å². The Hall–Kier alpha value is -0.240. The highest BCUT2D eigenvalue weighted by atomic mass is 127. The average Bonchev–Trinajstić information content (AvgIpc) is 1.94. The van der Waals surface area contributed by atoms with Gasteiger partial charge in [0, 0.05) is 12.3 Å². The standard InChI is InChI=1S/C5H2BrIN2O2/c6-5-4(7)3(9(10)11)1-2-8-5/h1-2H. The average molecular weight is 329 g/mol. The second-order valence-electron chi connectivity index (χ2n) is 1.69. The Kier molecular flexibility index (Phi) is 2.77. The van der Waals surface area contributed by atoms with Gasteiger partial charge in [-0.15, -0.1) is 0 Å². The molecule has 0 saturated carbocycles. The second-order valence-corrected chi connectivity index (χ2v) is 3.52. The molecule has 1 heterocycles. The van der Waals surface area contributed by atoms with E-state index in [0.29, 0.717) is 8.17 Å². The number of pyridine rings is 1. The molecule has 0 N–H and O–H groups in total. The Morgan fingerprint density at radius 2 is 2.36 bits per heavy atom. The lowest BCUT2D eigenvalue weighted by Gasteiger charge is -1.94. The van der Waals surface area contributed by atoms with E-state index < -0.39 is 4.92 Å². The van der Waals surface area contributed by atoms with Crippen molar-refractivity contribution in [1.82, 2.24) is 4.98 Å². The Morgan fingerprint density at radius 3 is 2.82 bits per heavy atom. The predicted octanol–water partition coefficient (Wildman–Crippen LogP) is 2.36. The molecule has 0 aromatic carbocycles. The summed E-state index contributed by atoms with van der Waals surface area (Å²) < 4.78 is 1.03. The van der Waals surface area contributed by atoms with E-state index in [1.807, 2.05) is 22.6 Å². The summed E-state index contributed by atoms with van der Waals surface area (Å²) in [7, 11) is 0. The van der Waals surface area contributed by atoms with E-state index in [-0.39, 0.29) is 5.69 Å². The molecule has 0 unspecified atom stereocenters. The maximum atomic E-state index is 10.3. The molecule has 0 saturated heterocycles. The van der Waals surface area contributed by atoms with Crippen molar-refractivity contribution in [2.24, 2.45) is 0 Å². The lowest BCUT2D eigenvalue weighted by Crippen LogP contribution is -1.92. The van der Waals surface area contributed by atoms with E-state index in [2.05, 4.69) is 20.9 Å². The van der Waals surface area contributed by atoms with Crippen molar-refractivity contribution in [3.05, 3.63) is 30.6 Å². The van der Waals surface area contributed by atoms with Crippen LogP contribution in [0.1, 0.15) is 0 Å². The molecule has 0 radical (unpaired) electrons. The minimum Gasteiger partial charge on any atom is -0.258 e. The molecule has 1 aromatic rings.